The number of benzene rings is 3. The van der Waals surface area contributed by atoms with E-state index in [1.165, 1.54) is 50.2 Å². The molecule has 6 heteroatoms. The van der Waals surface area contributed by atoms with Crippen molar-refractivity contribution in [2.24, 2.45) is 0 Å². The normalized spacial score (nSPS) is 13.2. The van der Waals surface area contributed by atoms with Crippen molar-refractivity contribution in [1.82, 2.24) is 0 Å². The Morgan fingerprint density at radius 2 is 1.41 bits per heavy atom. The molecule has 3 aromatic rings. The number of hydrogen-bond donors (Lipinski definition) is 1. The van der Waals surface area contributed by atoms with Crippen molar-refractivity contribution < 1.29 is 23.9 Å². The summed E-state index contributed by atoms with van der Waals surface area (Å²) in [5.74, 6) is -1.03. The van der Waals surface area contributed by atoms with Crippen LogP contribution in [-0.4, -0.2) is 32.9 Å². The van der Waals surface area contributed by atoms with E-state index in [1.54, 1.807) is 0 Å². The van der Waals surface area contributed by atoms with Gasteiger partial charge in [0.1, 0.15) is 6.10 Å². The number of carbonyl (C=O) groups excluding carboxylic acids is 1. The third-order valence-electron chi connectivity index (χ3n) is 8.25. The fourth-order valence-electron chi connectivity index (χ4n) is 5.94. The standard InChI is InChI=1S/C40H52O5Si/c1-5-6-7-8-9-16-25-36(29-28-32-19-17-24-35(30-32)37(44-31(2)41)26-18-27-38(42)43)45-46-40(3,4)39(33-20-12-10-13-21-33)34-22-14-11-15-23-34/h10-15,17,19-24,28-30,36-37,39H,5-9,16,18,25-27H2,1-4H3,(H,42,43)/b29-28+. The average molecular weight is 641 g/mol. The summed E-state index contributed by atoms with van der Waals surface area (Å²) >= 11 is 0. The van der Waals surface area contributed by atoms with Crippen LogP contribution in [0.2, 0.25) is 5.04 Å². The van der Waals surface area contributed by atoms with Crippen molar-refractivity contribution in [2.75, 3.05) is 0 Å². The molecule has 1 N–H and O–H groups in total. The van der Waals surface area contributed by atoms with E-state index in [0.717, 1.165) is 24.0 Å². The number of rotatable bonds is 21. The lowest BCUT2D eigenvalue weighted by atomic mass is 9.82. The molecule has 0 fully saturated rings. The molecule has 0 spiro atoms. The van der Waals surface area contributed by atoms with Gasteiger partial charge in [-0.1, -0.05) is 150 Å². The second kappa shape index (κ2) is 19.9. The average Bonchev–Trinajstić information content (AvgIpc) is 3.04. The maximum atomic E-state index is 11.8. The van der Waals surface area contributed by atoms with Crippen LogP contribution < -0.4 is 0 Å². The highest BCUT2D eigenvalue weighted by molar-refractivity contribution is 6.32. The van der Waals surface area contributed by atoms with E-state index in [4.69, 9.17) is 14.3 Å². The van der Waals surface area contributed by atoms with Crippen LogP contribution >= 0.6 is 0 Å². The Morgan fingerprint density at radius 1 is 0.804 bits per heavy atom. The van der Waals surface area contributed by atoms with E-state index < -0.39 is 12.1 Å². The molecule has 46 heavy (non-hydrogen) atoms. The smallest absolute Gasteiger partial charge is 0.303 e. The van der Waals surface area contributed by atoms with Gasteiger partial charge in [-0.3, -0.25) is 9.59 Å². The van der Waals surface area contributed by atoms with Gasteiger partial charge in [-0.15, -0.1) is 0 Å². The molecule has 0 saturated heterocycles. The van der Waals surface area contributed by atoms with Gasteiger partial charge >= 0.3 is 11.9 Å². The van der Waals surface area contributed by atoms with E-state index in [0.29, 0.717) is 12.8 Å². The molecule has 0 aliphatic rings. The van der Waals surface area contributed by atoms with Crippen molar-refractivity contribution in [1.29, 1.82) is 0 Å². The van der Waals surface area contributed by atoms with Crippen molar-refractivity contribution in [2.45, 2.75) is 115 Å². The Morgan fingerprint density at radius 3 is 2.02 bits per heavy atom. The fourth-order valence-corrected chi connectivity index (χ4v) is 7.04. The van der Waals surface area contributed by atoms with Gasteiger partial charge < -0.3 is 14.3 Å². The zero-order valence-corrected chi connectivity index (χ0v) is 29.1. The number of hydrogen-bond acceptors (Lipinski definition) is 4. The van der Waals surface area contributed by atoms with Crippen molar-refractivity contribution in [3.8, 4) is 0 Å². The Hall–Kier alpha value is -3.48. The molecule has 0 aliphatic heterocycles. The van der Waals surface area contributed by atoms with Gasteiger partial charge in [0.2, 0.25) is 9.76 Å². The van der Waals surface area contributed by atoms with Crippen LogP contribution in [-0.2, 0) is 18.8 Å². The highest BCUT2D eigenvalue weighted by Gasteiger charge is 2.34. The second-order valence-electron chi connectivity index (χ2n) is 12.7. The number of aliphatic carboxylic acids is 1. The molecule has 246 valence electrons. The quantitative estimate of drug-likeness (QED) is 0.0712. The number of carbonyl (C=O) groups is 2. The molecule has 2 radical (unpaired) electrons. The first-order chi connectivity index (χ1) is 22.2. The highest BCUT2D eigenvalue weighted by Crippen LogP contribution is 2.46. The molecule has 0 saturated carbocycles. The van der Waals surface area contributed by atoms with Gasteiger partial charge in [0, 0.05) is 19.3 Å². The molecule has 0 aliphatic carbocycles. The predicted molar refractivity (Wildman–Crippen MR) is 189 cm³/mol. The molecular formula is C40H52O5Si. The fraction of sp³-hybridized carbons (Fsp3) is 0.450. The molecule has 0 heterocycles. The van der Waals surface area contributed by atoms with Crippen molar-refractivity contribution in [3.05, 3.63) is 113 Å². The van der Waals surface area contributed by atoms with Crippen LogP contribution in [0.1, 0.15) is 126 Å². The minimum atomic E-state index is -0.850. The lowest BCUT2D eigenvalue weighted by Crippen LogP contribution is -2.28. The zero-order valence-electron chi connectivity index (χ0n) is 28.1. The van der Waals surface area contributed by atoms with Gasteiger partial charge in [0.25, 0.3) is 0 Å². The first kappa shape index (κ1) is 37.0. The van der Waals surface area contributed by atoms with E-state index in [9.17, 15) is 9.59 Å². The molecule has 2 unspecified atom stereocenters. The van der Waals surface area contributed by atoms with Gasteiger partial charge in [-0.05, 0) is 52.6 Å². The summed E-state index contributed by atoms with van der Waals surface area (Å²) in [6.45, 7) is 8.25. The molecule has 0 amide bonds. The lowest BCUT2D eigenvalue weighted by Gasteiger charge is -2.35. The summed E-state index contributed by atoms with van der Waals surface area (Å²) in [5, 5.41) is 8.94. The predicted octanol–water partition coefficient (Wildman–Crippen LogP) is 10.3. The number of ether oxygens (including phenoxy) is 1. The van der Waals surface area contributed by atoms with Crippen molar-refractivity contribution in [3.63, 3.8) is 0 Å². The Labute approximate surface area is 279 Å². The monoisotopic (exact) mass is 640 g/mol. The van der Waals surface area contributed by atoms with E-state index in [1.807, 2.05) is 24.3 Å². The Kier molecular flexibility index (Phi) is 16.0. The van der Waals surface area contributed by atoms with Gasteiger partial charge in [0.15, 0.2) is 0 Å². The molecule has 3 aromatic carbocycles. The van der Waals surface area contributed by atoms with Crippen LogP contribution in [0.5, 0.6) is 0 Å². The Balaban J connectivity index is 1.79. The summed E-state index contributed by atoms with van der Waals surface area (Å²) < 4.78 is 12.4. The van der Waals surface area contributed by atoms with Gasteiger partial charge in [-0.2, -0.15) is 0 Å². The molecule has 2 atom stereocenters. The molecule has 0 aromatic heterocycles. The first-order valence-electron chi connectivity index (χ1n) is 16.9. The third-order valence-corrected chi connectivity index (χ3v) is 9.49. The number of unbranched alkanes of at least 4 members (excludes halogenated alkanes) is 5. The van der Waals surface area contributed by atoms with Gasteiger partial charge in [0.05, 0.1) is 6.10 Å². The summed E-state index contributed by atoms with van der Waals surface area (Å²) in [4.78, 5) is 22.9. The molecule has 0 bridgehead atoms. The number of esters is 1. The molecule has 5 nitrogen and oxygen atoms in total. The van der Waals surface area contributed by atoms with Gasteiger partial charge in [-0.25, -0.2) is 0 Å². The maximum Gasteiger partial charge on any atom is 0.303 e. The van der Waals surface area contributed by atoms with E-state index in [-0.39, 0.29) is 39.2 Å². The summed E-state index contributed by atoms with van der Waals surface area (Å²) in [6, 6.07) is 29.4. The second-order valence-corrected chi connectivity index (χ2v) is 14.4. The minimum absolute atomic E-state index is 0.0283. The Bertz CT molecular complexity index is 1300. The lowest BCUT2D eigenvalue weighted by molar-refractivity contribution is -0.147. The van der Waals surface area contributed by atoms with Crippen LogP contribution in [0, 0.1) is 0 Å². The largest absolute Gasteiger partial charge is 0.481 e. The first-order valence-corrected chi connectivity index (χ1v) is 17.8. The highest BCUT2D eigenvalue weighted by atomic mass is 28.2. The summed E-state index contributed by atoms with van der Waals surface area (Å²) in [5.41, 5.74) is 4.45. The topological polar surface area (TPSA) is 72.8 Å². The third kappa shape index (κ3) is 13.1. The number of carboxylic acid groups (broad SMARTS) is 1. The van der Waals surface area contributed by atoms with E-state index in [2.05, 4.69) is 93.6 Å². The van der Waals surface area contributed by atoms with E-state index >= 15 is 0 Å². The van der Waals surface area contributed by atoms with Crippen molar-refractivity contribution >= 4 is 27.8 Å². The summed E-state index contributed by atoms with van der Waals surface area (Å²) in [7, 11) is 0.282. The van der Waals surface area contributed by atoms with Crippen LogP contribution in [0.25, 0.3) is 6.08 Å². The summed E-state index contributed by atoms with van der Waals surface area (Å²) in [6.07, 6.45) is 13.1. The maximum absolute atomic E-state index is 11.8. The SMILES string of the molecule is CCCCCCCCC(/C=C/c1cccc(C(CCCC(=O)O)OC(C)=O)c1)O[Si]C(C)(C)C(c1ccccc1)c1ccccc1. The minimum Gasteiger partial charge on any atom is -0.481 e. The van der Waals surface area contributed by atoms with Crippen LogP contribution in [0.15, 0.2) is 91.0 Å². The number of carboxylic acids is 1. The van der Waals surface area contributed by atoms with Crippen LogP contribution in [0.3, 0.4) is 0 Å². The van der Waals surface area contributed by atoms with Crippen LogP contribution in [0.4, 0.5) is 0 Å². The zero-order chi connectivity index (χ0) is 33.2. The molecular weight excluding hydrogens is 589 g/mol. The molecule has 3 rings (SSSR count).